The van der Waals surface area contributed by atoms with Crippen LogP contribution in [0.1, 0.15) is 54.1 Å². The second kappa shape index (κ2) is 10.8. The molecule has 42 heavy (non-hydrogen) atoms. The minimum atomic E-state index is -0.949. The molecule has 2 aromatic heterocycles. The molecule has 0 saturated carbocycles. The van der Waals surface area contributed by atoms with Gasteiger partial charge in [0, 0.05) is 11.1 Å². The van der Waals surface area contributed by atoms with E-state index >= 15 is 0 Å². The second-order valence-electron chi connectivity index (χ2n) is 11.0. The van der Waals surface area contributed by atoms with Crippen molar-refractivity contribution < 1.29 is 23.5 Å². The first-order valence-corrected chi connectivity index (χ1v) is 15.0. The van der Waals surface area contributed by atoms with Gasteiger partial charge in [-0.05, 0) is 46.4 Å². The monoisotopic (exact) mass is 599 g/mol. The van der Waals surface area contributed by atoms with E-state index in [2.05, 4.69) is 31.0 Å². The Kier molecular flexibility index (Phi) is 7.20. The minimum Gasteiger partial charge on any atom is -0.503 e. The van der Waals surface area contributed by atoms with E-state index < -0.39 is 23.5 Å². The highest BCUT2D eigenvalue weighted by Gasteiger charge is 2.47. The van der Waals surface area contributed by atoms with Gasteiger partial charge >= 0.3 is 0 Å². The Balaban J connectivity index is 1.37. The fourth-order valence-electron chi connectivity index (χ4n) is 4.83. The topological polar surface area (TPSA) is 96.5 Å². The van der Waals surface area contributed by atoms with Crippen molar-refractivity contribution in [2.75, 3.05) is 4.90 Å². The molecule has 0 saturated heterocycles. The van der Waals surface area contributed by atoms with Gasteiger partial charge in [0.15, 0.2) is 15.9 Å². The van der Waals surface area contributed by atoms with Crippen LogP contribution in [0.25, 0.3) is 11.0 Å². The molecule has 0 spiro atoms. The summed E-state index contributed by atoms with van der Waals surface area (Å²) in [4.78, 5) is 28.8. The third-order valence-electron chi connectivity index (χ3n) is 7.07. The number of anilines is 1. The second-order valence-corrected chi connectivity index (χ2v) is 13.1. The summed E-state index contributed by atoms with van der Waals surface area (Å²) in [5, 5.41) is 20.6. The van der Waals surface area contributed by atoms with Crippen LogP contribution in [0.15, 0.2) is 99.0 Å². The fraction of sp³-hybridized carbons (Fsp3) is 0.188. The van der Waals surface area contributed by atoms with E-state index in [0.717, 1.165) is 16.5 Å². The van der Waals surface area contributed by atoms with Gasteiger partial charge in [-0.15, -0.1) is 10.2 Å². The maximum Gasteiger partial charge on any atom is 0.296 e. The number of aliphatic hydroxyl groups excluding tert-OH is 1. The van der Waals surface area contributed by atoms with Gasteiger partial charge in [0.25, 0.3) is 5.91 Å². The number of thioether (sulfide) groups is 1. The number of carbonyl (C=O) groups excluding carboxylic acids is 2. The predicted octanol–water partition coefficient (Wildman–Crippen LogP) is 7.80. The molecule has 0 radical (unpaired) electrons. The van der Waals surface area contributed by atoms with Gasteiger partial charge in [-0.25, -0.2) is 4.39 Å². The number of carbonyl (C=O) groups is 2. The Labute approximate surface area is 249 Å². The maximum atomic E-state index is 13.9. The average Bonchev–Trinajstić information content (AvgIpc) is 3.68. The molecule has 6 rings (SSSR count). The summed E-state index contributed by atoms with van der Waals surface area (Å²) >= 11 is 2.57. The van der Waals surface area contributed by atoms with E-state index in [0.29, 0.717) is 21.2 Å². The fourth-order valence-corrected chi connectivity index (χ4v) is 6.65. The summed E-state index contributed by atoms with van der Waals surface area (Å²) < 4.78 is 19.7. The van der Waals surface area contributed by atoms with E-state index in [4.69, 9.17) is 4.42 Å². The maximum absolute atomic E-state index is 13.9. The molecule has 1 aliphatic rings. The largest absolute Gasteiger partial charge is 0.503 e. The lowest BCUT2D eigenvalue weighted by Gasteiger charge is -2.25. The highest BCUT2D eigenvalue weighted by atomic mass is 32.2. The van der Waals surface area contributed by atoms with Crippen LogP contribution in [0, 0.1) is 5.82 Å². The van der Waals surface area contributed by atoms with Gasteiger partial charge in [-0.2, -0.15) is 0 Å². The zero-order chi connectivity index (χ0) is 29.6. The van der Waals surface area contributed by atoms with Crippen molar-refractivity contribution in [3.63, 3.8) is 0 Å². The number of benzene rings is 3. The van der Waals surface area contributed by atoms with Gasteiger partial charge in [-0.3, -0.25) is 14.5 Å². The number of aliphatic hydroxyl groups is 1. The van der Waals surface area contributed by atoms with Crippen LogP contribution in [0.5, 0.6) is 0 Å². The van der Waals surface area contributed by atoms with Crippen LogP contribution in [0.3, 0.4) is 0 Å². The molecule has 5 aromatic rings. The van der Waals surface area contributed by atoms with Crippen LogP contribution < -0.4 is 4.90 Å². The van der Waals surface area contributed by atoms with Crippen LogP contribution in [0.4, 0.5) is 9.52 Å². The average molecular weight is 600 g/mol. The van der Waals surface area contributed by atoms with Crippen molar-refractivity contribution in [1.29, 1.82) is 0 Å². The molecule has 1 amide bonds. The summed E-state index contributed by atoms with van der Waals surface area (Å²) in [6, 6.07) is 21.7. The van der Waals surface area contributed by atoms with Crippen molar-refractivity contribution in [2.24, 2.45) is 0 Å². The van der Waals surface area contributed by atoms with Crippen molar-refractivity contribution >= 4 is 50.9 Å². The third-order valence-corrected chi connectivity index (χ3v) is 9.20. The zero-order valence-electron chi connectivity index (χ0n) is 23.0. The summed E-state index contributed by atoms with van der Waals surface area (Å²) in [7, 11) is 0. The number of aromatic nitrogens is 2. The Morgan fingerprint density at radius 1 is 1.05 bits per heavy atom. The smallest absolute Gasteiger partial charge is 0.296 e. The van der Waals surface area contributed by atoms with E-state index in [1.54, 1.807) is 30.3 Å². The van der Waals surface area contributed by atoms with Crippen molar-refractivity contribution in [3.05, 3.63) is 118 Å². The van der Waals surface area contributed by atoms with Crippen LogP contribution in [0.2, 0.25) is 0 Å². The molecule has 7 nitrogen and oxygen atoms in total. The molecular formula is C32H26FN3O4S2. The highest BCUT2D eigenvalue weighted by Crippen LogP contribution is 2.44. The van der Waals surface area contributed by atoms with E-state index in [1.807, 2.05) is 36.4 Å². The Hall–Kier alpha value is -4.28. The SMILES string of the molecule is CC(C)(C)c1ccc(C2C(C(=O)c3cc4ccccc4o3)=C(O)C(=O)N2c2nnc(SCc3ccc(F)cc3)s2)cc1. The number of hydrogen-bond donors (Lipinski definition) is 1. The van der Waals surface area contributed by atoms with Gasteiger partial charge in [0.05, 0.1) is 11.6 Å². The first kappa shape index (κ1) is 27.9. The number of nitrogens with zero attached hydrogens (tertiary/aromatic N) is 3. The molecule has 0 fully saturated rings. The number of ketones is 1. The molecule has 10 heteroatoms. The molecule has 1 N–H and O–H groups in total. The van der Waals surface area contributed by atoms with E-state index in [1.165, 1.54) is 40.1 Å². The normalized spacial score (nSPS) is 15.7. The summed E-state index contributed by atoms with van der Waals surface area (Å²) in [6.07, 6.45) is 0. The quantitative estimate of drug-likeness (QED) is 0.116. The Morgan fingerprint density at radius 3 is 2.45 bits per heavy atom. The van der Waals surface area contributed by atoms with Gasteiger partial charge in [0.1, 0.15) is 11.4 Å². The summed E-state index contributed by atoms with van der Waals surface area (Å²) in [5.41, 5.74) is 2.96. The first-order valence-electron chi connectivity index (χ1n) is 13.2. The number of furan rings is 1. The summed E-state index contributed by atoms with van der Waals surface area (Å²) in [5.74, 6) is -1.74. The molecule has 1 aliphatic heterocycles. The standard InChI is InChI=1S/C32H26FN3O4S2/c1-32(2,3)21-12-10-19(11-13-21)26-25(27(37)24-16-20-6-4-5-7-23(20)40-24)28(38)29(39)36(26)30-34-35-31(42-30)41-17-18-8-14-22(33)15-9-18/h4-16,26,38H,17H2,1-3H3. The lowest BCUT2D eigenvalue weighted by atomic mass is 9.85. The number of hydrogen-bond acceptors (Lipinski definition) is 8. The number of fused-ring (bicyclic) bond motifs is 1. The van der Waals surface area contributed by atoms with Crippen molar-refractivity contribution in [3.8, 4) is 0 Å². The molecule has 0 aliphatic carbocycles. The molecular weight excluding hydrogens is 574 g/mol. The number of para-hydroxylation sites is 1. The van der Waals surface area contributed by atoms with Gasteiger partial charge in [-0.1, -0.05) is 98.5 Å². The van der Waals surface area contributed by atoms with E-state index in [9.17, 15) is 19.1 Å². The van der Waals surface area contributed by atoms with Crippen LogP contribution in [-0.4, -0.2) is 27.0 Å². The third kappa shape index (κ3) is 5.23. The minimum absolute atomic E-state index is 0.0246. The number of Topliss-reactive ketones (excluding diaryl/α,β-unsaturated/α-hetero) is 1. The van der Waals surface area contributed by atoms with Crippen LogP contribution >= 0.6 is 23.1 Å². The zero-order valence-corrected chi connectivity index (χ0v) is 24.6. The number of amides is 1. The van der Waals surface area contributed by atoms with E-state index in [-0.39, 0.29) is 27.7 Å². The van der Waals surface area contributed by atoms with Gasteiger partial charge < -0.3 is 9.52 Å². The number of halogens is 1. The number of rotatable bonds is 7. The molecule has 3 aromatic carbocycles. The Morgan fingerprint density at radius 2 is 1.76 bits per heavy atom. The Bertz CT molecular complexity index is 1800. The molecule has 0 bridgehead atoms. The van der Waals surface area contributed by atoms with Crippen LogP contribution in [-0.2, 0) is 16.0 Å². The molecule has 1 unspecified atom stereocenters. The molecule has 212 valence electrons. The highest BCUT2D eigenvalue weighted by molar-refractivity contribution is 8.00. The predicted molar refractivity (Wildman–Crippen MR) is 161 cm³/mol. The summed E-state index contributed by atoms with van der Waals surface area (Å²) in [6.45, 7) is 6.30. The molecule has 1 atom stereocenters. The first-order chi connectivity index (χ1) is 20.1. The van der Waals surface area contributed by atoms with Crippen molar-refractivity contribution in [2.45, 2.75) is 42.3 Å². The lowest BCUT2D eigenvalue weighted by molar-refractivity contribution is -0.117. The lowest BCUT2D eigenvalue weighted by Crippen LogP contribution is -2.31. The van der Waals surface area contributed by atoms with Gasteiger partial charge in [0.2, 0.25) is 10.9 Å². The van der Waals surface area contributed by atoms with Crippen molar-refractivity contribution in [1.82, 2.24) is 10.2 Å². The molecule has 3 heterocycles.